The third kappa shape index (κ3) is 8.06. The fourth-order valence-corrected chi connectivity index (χ4v) is 13.9. The largest absolute Gasteiger partial charge is 0.462 e. The van der Waals surface area contributed by atoms with Crippen LogP contribution < -0.4 is 0 Å². The topological polar surface area (TPSA) is 326 Å². The number of hydrogen-bond donors (Lipinski definition) is 13. The molecule has 23 atom stereocenters. The molecular formula is C47H76O19. The van der Waals surface area contributed by atoms with Gasteiger partial charge in [0.15, 0.2) is 12.6 Å². The zero-order chi connectivity index (χ0) is 48.7. The zero-order valence-electron chi connectivity index (χ0n) is 38.9. The SMILES string of the molecule is C[C@H]1O[C@@H](O[C@H]2CC[C@@]3(C)C(CC[C@]4(C)[C@@H]3C=CC3=C5C[C@](C)(C(=O)OC[C@H](O)[C@H](O)[C@H](O)CO)CC[C@]5(CO)[C@H](O)C[C@]34C)[C@]2(C)CO)[C@H](O)[C@@H](O[C@@H]2O[C@H](CO)[C@@H](O)[C@H](O)[C@H]2O)[C@H]1O. The van der Waals surface area contributed by atoms with Crippen molar-refractivity contribution in [3.63, 3.8) is 0 Å². The quantitative estimate of drug-likeness (QED) is 0.0721. The summed E-state index contributed by atoms with van der Waals surface area (Å²) < 4.78 is 29.5. The van der Waals surface area contributed by atoms with Crippen molar-refractivity contribution in [1.82, 2.24) is 0 Å². The maximum absolute atomic E-state index is 13.8. The van der Waals surface area contributed by atoms with Gasteiger partial charge in [-0.25, -0.2) is 0 Å². The molecule has 0 amide bonds. The summed E-state index contributed by atoms with van der Waals surface area (Å²) in [6.07, 6.45) is -13.7. The third-order valence-corrected chi connectivity index (χ3v) is 18.5. The molecule has 7 aliphatic rings. The van der Waals surface area contributed by atoms with Crippen LogP contribution in [0.15, 0.2) is 23.3 Å². The first-order valence-electron chi connectivity index (χ1n) is 23.7. The van der Waals surface area contributed by atoms with Crippen molar-refractivity contribution >= 4 is 5.97 Å². The van der Waals surface area contributed by atoms with Gasteiger partial charge in [-0.1, -0.05) is 45.4 Å². The van der Waals surface area contributed by atoms with Gasteiger partial charge in [0.1, 0.15) is 67.6 Å². The van der Waals surface area contributed by atoms with Gasteiger partial charge in [0.25, 0.3) is 0 Å². The molecule has 2 heterocycles. The van der Waals surface area contributed by atoms with Crippen LogP contribution >= 0.6 is 0 Å². The fourth-order valence-electron chi connectivity index (χ4n) is 13.9. The molecule has 19 nitrogen and oxygen atoms in total. The Labute approximate surface area is 385 Å². The fraction of sp³-hybridized carbons (Fsp3) is 0.894. The van der Waals surface area contributed by atoms with Crippen molar-refractivity contribution in [3.8, 4) is 0 Å². The molecule has 13 N–H and O–H groups in total. The predicted octanol–water partition coefficient (Wildman–Crippen LogP) is -1.72. The normalized spacial score (nSPS) is 50.6. The van der Waals surface area contributed by atoms with E-state index in [1.807, 2.05) is 6.92 Å². The summed E-state index contributed by atoms with van der Waals surface area (Å²) in [7, 11) is 0. The van der Waals surface area contributed by atoms with E-state index in [0.29, 0.717) is 38.5 Å². The zero-order valence-corrected chi connectivity index (χ0v) is 38.9. The first-order chi connectivity index (χ1) is 30.9. The van der Waals surface area contributed by atoms with E-state index in [1.54, 1.807) is 13.8 Å². The van der Waals surface area contributed by atoms with Crippen LogP contribution in [0.2, 0.25) is 0 Å². The number of aliphatic hydroxyl groups is 13. The van der Waals surface area contributed by atoms with Crippen molar-refractivity contribution in [2.24, 2.45) is 44.3 Å². The number of hydrogen-bond acceptors (Lipinski definition) is 19. The minimum Gasteiger partial charge on any atom is -0.462 e. The van der Waals surface area contributed by atoms with E-state index in [2.05, 4.69) is 32.9 Å². The van der Waals surface area contributed by atoms with E-state index in [-0.39, 0.29) is 37.9 Å². The Morgan fingerprint density at radius 2 is 1.47 bits per heavy atom. The van der Waals surface area contributed by atoms with Gasteiger partial charge in [0.2, 0.25) is 0 Å². The van der Waals surface area contributed by atoms with Crippen molar-refractivity contribution in [1.29, 1.82) is 0 Å². The molecule has 0 aromatic heterocycles. The standard InChI is InChI=1S/C47H76O19/c1-22-32(55)38(66-39-36(59)35(58)34(57)27(18-49)64-39)37(60)40(63-22)65-31-10-11-43(3)28(44(31,4)20-50)9-12-45(5)29(43)8-7-23-24-15-42(2,41(61)62-19-26(53)33(56)25(52)17-48)13-14-47(24,21-51)30(54)16-46(23,45)6/h7-8,22,25-40,48-60H,9-21H2,1-6H3/t22-,25-,26+,27-,28?,29-,30-,31+,32+,33-,34-,35+,36-,37-,38+,39+,40+,42-,43+,44+,45-,46-,47-/m1/s1. The highest BCUT2D eigenvalue weighted by atomic mass is 16.7. The minimum absolute atomic E-state index is 0.0658. The van der Waals surface area contributed by atoms with Gasteiger partial charge in [-0.15, -0.1) is 0 Å². The minimum atomic E-state index is -1.78. The summed E-state index contributed by atoms with van der Waals surface area (Å²) in [5.74, 6) is -0.824. The second kappa shape index (κ2) is 18.8. The average molecular weight is 945 g/mol. The van der Waals surface area contributed by atoms with E-state index < -0.39 is 150 Å². The van der Waals surface area contributed by atoms with Crippen LogP contribution in [0.4, 0.5) is 0 Å². The molecule has 0 aromatic rings. The van der Waals surface area contributed by atoms with Crippen molar-refractivity contribution in [2.75, 3.05) is 33.0 Å². The Morgan fingerprint density at radius 3 is 2.11 bits per heavy atom. The van der Waals surface area contributed by atoms with Gasteiger partial charge in [0.05, 0.1) is 50.2 Å². The molecule has 5 fully saturated rings. The first kappa shape index (κ1) is 52.1. The molecule has 66 heavy (non-hydrogen) atoms. The second-order valence-electron chi connectivity index (χ2n) is 22.1. The lowest BCUT2D eigenvalue weighted by Crippen LogP contribution is -2.67. The lowest BCUT2D eigenvalue weighted by Gasteiger charge is -2.70. The molecule has 5 aliphatic carbocycles. The molecule has 0 aromatic carbocycles. The van der Waals surface area contributed by atoms with E-state index >= 15 is 0 Å². The number of carbonyl (C=O) groups excluding carboxylic acids is 1. The lowest BCUT2D eigenvalue weighted by molar-refractivity contribution is -0.367. The monoisotopic (exact) mass is 944 g/mol. The number of allylic oxidation sites excluding steroid dienone is 3. The van der Waals surface area contributed by atoms with Crippen LogP contribution in [0.3, 0.4) is 0 Å². The first-order valence-corrected chi connectivity index (χ1v) is 23.7. The number of aliphatic hydroxyl groups excluding tert-OH is 13. The van der Waals surface area contributed by atoms with Gasteiger partial charge < -0.3 is 90.1 Å². The average Bonchev–Trinajstić information content (AvgIpc) is 3.29. The Balaban J connectivity index is 1.14. The van der Waals surface area contributed by atoms with Crippen LogP contribution in [0.25, 0.3) is 0 Å². The van der Waals surface area contributed by atoms with Gasteiger partial charge in [-0.05, 0) is 93.5 Å². The van der Waals surface area contributed by atoms with E-state index in [0.717, 1.165) is 11.1 Å². The maximum atomic E-state index is 13.8. The highest BCUT2D eigenvalue weighted by Gasteiger charge is 2.69. The lowest BCUT2D eigenvalue weighted by atomic mass is 9.35. The Morgan fingerprint density at radius 1 is 0.788 bits per heavy atom. The summed E-state index contributed by atoms with van der Waals surface area (Å²) in [6, 6.07) is 0. The van der Waals surface area contributed by atoms with Crippen molar-refractivity contribution < 1.29 is 94.9 Å². The second-order valence-corrected chi connectivity index (χ2v) is 22.1. The summed E-state index contributed by atoms with van der Waals surface area (Å²) >= 11 is 0. The van der Waals surface area contributed by atoms with Gasteiger partial charge in [-0.2, -0.15) is 0 Å². The molecule has 0 radical (unpaired) electrons. The molecule has 378 valence electrons. The smallest absolute Gasteiger partial charge is 0.312 e. The van der Waals surface area contributed by atoms with Gasteiger partial charge in [0, 0.05) is 16.2 Å². The number of esters is 1. The predicted molar refractivity (Wildman–Crippen MR) is 229 cm³/mol. The molecule has 2 saturated heterocycles. The summed E-state index contributed by atoms with van der Waals surface area (Å²) in [4.78, 5) is 13.8. The maximum Gasteiger partial charge on any atom is 0.312 e. The van der Waals surface area contributed by atoms with Crippen molar-refractivity contribution in [3.05, 3.63) is 23.3 Å². The van der Waals surface area contributed by atoms with Crippen LogP contribution in [0.5, 0.6) is 0 Å². The van der Waals surface area contributed by atoms with Gasteiger partial charge in [-0.3, -0.25) is 4.79 Å². The summed E-state index contributed by atoms with van der Waals surface area (Å²) in [6.45, 7) is 9.21. The number of carbonyl (C=O) groups is 1. The Bertz CT molecular complexity index is 1810. The molecule has 0 spiro atoms. The third-order valence-electron chi connectivity index (χ3n) is 18.5. The number of rotatable bonds is 13. The highest BCUT2D eigenvalue weighted by Crippen LogP contribution is 2.74. The Kier molecular flexibility index (Phi) is 14.8. The van der Waals surface area contributed by atoms with E-state index in [4.69, 9.17) is 23.7 Å². The molecule has 1 unspecified atom stereocenters. The number of fused-ring (bicyclic) bond motifs is 6. The van der Waals surface area contributed by atoms with Crippen molar-refractivity contribution in [2.45, 2.75) is 185 Å². The van der Waals surface area contributed by atoms with E-state index in [1.165, 1.54) is 0 Å². The molecule has 0 bridgehead atoms. The van der Waals surface area contributed by atoms with Crippen LogP contribution in [0, 0.1) is 44.3 Å². The molecular weight excluding hydrogens is 868 g/mol. The van der Waals surface area contributed by atoms with Crippen LogP contribution in [-0.4, -0.2) is 197 Å². The molecule has 3 saturated carbocycles. The van der Waals surface area contributed by atoms with E-state index in [9.17, 15) is 71.2 Å². The highest BCUT2D eigenvalue weighted by molar-refractivity contribution is 5.77. The Hall–Kier alpha value is -1.73. The molecule has 19 heteroatoms. The summed E-state index contributed by atoms with van der Waals surface area (Å²) in [5, 5.41) is 138. The summed E-state index contributed by atoms with van der Waals surface area (Å²) in [5.41, 5.74) is -2.75. The number of ether oxygens (including phenoxy) is 5. The molecule has 2 aliphatic heterocycles. The molecule has 7 rings (SSSR count). The van der Waals surface area contributed by atoms with Gasteiger partial charge >= 0.3 is 5.97 Å². The van der Waals surface area contributed by atoms with Crippen LogP contribution in [0.1, 0.15) is 92.9 Å². The van der Waals surface area contributed by atoms with Crippen LogP contribution in [-0.2, 0) is 28.5 Å².